The van der Waals surface area contributed by atoms with Gasteiger partial charge in [0.25, 0.3) is 0 Å². The molecule has 0 amide bonds. The number of nitrogens with zero attached hydrogens (tertiary/aromatic N) is 1. The first-order valence-electron chi connectivity index (χ1n) is 5.89. The molecule has 2 rings (SSSR count). The molecule has 0 aliphatic carbocycles. The van der Waals surface area contributed by atoms with Crippen molar-refractivity contribution in [2.75, 3.05) is 0 Å². The van der Waals surface area contributed by atoms with Gasteiger partial charge in [-0.1, -0.05) is 30.3 Å². The number of hydrogen-bond donors (Lipinski definition) is 0. The van der Waals surface area contributed by atoms with Gasteiger partial charge in [0.15, 0.2) is 0 Å². The highest BCUT2D eigenvalue weighted by Gasteiger charge is 2.03. The smallest absolute Gasteiger partial charge is 0.0525 e. The molecule has 0 bridgehead atoms. The van der Waals surface area contributed by atoms with E-state index in [2.05, 4.69) is 30.2 Å². The van der Waals surface area contributed by atoms with Gasteiger partial charge in [-0.3, -0.25) is 0 Å². The Morgan fingerprint density at radius 2 is 1.89 bits per heavy atom. The van der Waals surface area contributed by atoms with Crippen molar-refractivity contribution in [3.63, 3.8) is 0 Å². The summed E-state index contributed by atoms with van der Waals surface area (Å²) in [5, 5.41) is 2.88. The molecule has 0 atom stereocenters. The Kier molecular flexibility index (Phi) is 3.73. The highest BCUT2D eigenvalue weighted by atomic mass is 35.5. The highest BCUT2D eigenvalue weighted by molar-refractivity contribution is 6.30. The summed E-state index contributed by atoms with van der Waals surface area (Å²) < 4.78 is 2.18. The average molecular weight is 258 g/mol. The third-order valence-corrected chi connectivity index (χ3v) is 3.09. The first-order valence-corrected chi connectivity index (χ1v) is 6.27. The van der Waals surface area contributed by atoms with E-state index >= 15 is 0 Å². The molecule has 0 aliphatic heterocycles. The van der Waals surface area contributed by atoms with Crippen LogP contribution in [0, 0.1) is 6.92 Å². The van der Waals surface area contributed by atoms with Crippen LogP contribution in [0.4, 0.5) is 0 Å². The summed E-state index contributed by atoms with van der Waals surface area (Å²) in [6, 6.07) is 9.92. The van der Waals surface area contributed by atoms with Gasteiger partial charge in [-0.15, -0.1) is 0 Å². The van der Waals surface area contributed by atoms with Crippen LogP contribution >= 0.6 is 11.6 Å². The summed E-state index contributed by atoms with van der Waals surface area (Å²) in [7, 11) is 0. The zero-order valence-electron chi connectivity index (χ0n) is 10.7. The molecule has 0 saturated carbocycles. The van der Waals surface area contributed by atoms with Crippen molar-refractivity contribution in [1.82, 2.24) is 4.57 Å². The second-order valence-corrected chi connectivity index (χ2v) is 4.64. The van der Waals surface area contributed by atoms with E-state index < -0.39 is 0 Å². The van der Waals surface area contributed by atoms with Gasteiger partial charge in [-0.25, -0.2) is 0 Å². The molecule has 0 unspecified atom stereocenters. The van der Waals surface area contributed by atoms with Crippen molar-refractivity contribution < 1.29 is 0 Å². The van der Waals surface area contributed by atoms with Gasteiger partial charge < -0.3 is 4.57 Å². The summed E-state index contributed by atoms with van der Waals surface area (Å²) in [6.45, 7) is 8.17. The SMILES string of the molecule is C=c1cc(C)n(-c2ccc(Cl)cc2)/c1=C/C=C\C. The number of halogens is 1. The lowest BCUT2D eigenvalue weighted by Gasteiger charge is -2.07. The predicted octanol–water partition coefficient (Wildman–Crippen LogP) is 3.21. The van der Waals surface area contributed by atoms with Gasteiger partial charge >= 0.3 is 0 Å². The molecule has 92 valence electrons. The quantitative estimate of drug-likeness (QED) is 0.779. The maximum absolute atomic E-state index is 5.93. The van der Waals surface area contributed by atoms with E-state index in [1.807, 2.05) is 43.3 Å². The maximum atomic E-state index is 5.93. The number of aryl methyl sites for hydroxylation is 1. The monoisotopic (exact) mass is 257 g/mol. The minimum Gasteiger partial charge on any atom is -0.314 e. The Balaban J connectivity index is 2.71. The normalized spacial score (nSPS) is 12.5. The molecule has 0 aliphatic rings. The number of rotatable bonds is 2. The number of benzene rings is 1. The van der Waals surface area contributed by atoms with Crippen LogP contribution in [0.2, 0.25) is 5.02 Å². The fourth-order valence-electron chi connectivity index (χ4n) is 2.03. The molecule has 2 heteroatoms. The third kappa shape index (κ3) is 2.41. The predicted molar refractivity (Wildman–Crippen MR) is 79.6 cm³/mol. The van der Waals surface area contributed by atoms with Crippen molar-refractivity contribution in [1.29, 1.82) is 0 Å². The third-order valence-electron chi connectivity index (χ3n) is 2.84. The standard InChI is InChI=1S/C16H16ClN/c1-4-5-6-16-12(2)11-13(3)18(16)15-9-7-14(17)8-10-15/h4-11H,2H2,1,3H3/b5-4-,16-6+. The van der Waals surface area contributed by atoms with E-state index in [4.69, 9.17) is 11.6 Å². The summed E-state index contributed by atoms with van der Waals surface area (Å²) in [6.07, 6.45) is 6.10. The van der Waals surface area contributed by atoms with Gasteiger partial charge in [0.2, 0.25) is 0 Å². The van der Waals surface area contributed by atoms with Gasteiger partial charge in [-0.05, 0) is 55.5 Å². The zero-order valence-corrected chi connectivity index (χ0v) is 11.4. The lowest BCUT2D eigenvalue weighted by atomic mass is 10.3. The van der Waals surface area contributed by atoms with Crippen LogP contribution in [0.1, 0.15) is 12.6 Å². The summed E-state index contributed by atoms with van der Waals surface area (Å²) in [5.41, 5.74) is 2.26. The van der Waals surface area contributed by atoms with Crippen LogP contribution < -0.4 is 10.6 Å². The van der Waals surface area contributed by atoms with Gasteiger partial charge in [0.1, 0.15) is 0 Å². The van der Waals surface area contributed by atoms with Crippen LogP contribution in [0.5, 0.6) is 0 Å². The molecule has 0 saturated heterocycles. The van der Waals surface area contributed by atoms with Crippen molar-refractivity contribution in [2.45, 2.75) is 13.8 Å². The first kappa shape index (κ1) is 12.7. The summed E-state index contributed by atoms with van der Waals surface area (Å²) in [4.78, 5) is 0. The van der Waals surface area contributed by atoms with Crippen LogP contribution in [0.25, 0.3) is 18.3 Å². The Labute approximate surface area is 112 Å². The van der Waals surface area contributed by atoms with Crippen molar-refractivity contribution in [2.24, 2.45) is 0 Å². The van der Waals surface area contributed by atoms with E-state index in [1.165, 1.54) is 0 Å². The Morgan fingerprint density at radius 3 is 2.50 bits per heavy atom. The lowest BCUT2D eigenvalue weighted by molar-refractivity contribution is 0.977. The van der Waals surface area contributed by atoms with Crippen LogP contribution in [0.15, 0.2) is 42.5 Å². The van der Waals surface area contributed by atoms with Gasteiger partial charge in [-0.2, -0.15) is 0 Å². The molecule has 18 heavy (non-hydrogen) atoms. The highest BCUT2D eigenvalue weighted by Crippen LogP contribution is 2.13. The summed E-state index contributed by atoms with van der Waals surface area (Å²) in [5.74, 6) is 0. The van der Waals surface area contributed by atoms with Gasteiger partial charge in [0, 0.05) is 16.4 Å². The molecule has 2 aromatic rings. The van der Waals surface area contributed by atoms with Crippen LogP contribution in [0.3, 0.4) is 0 Å². The van der Waals surface area contributed by atoms with Crippen LogP contribution in [-0.4, -0.2) is 4.57 Å². The fraction of sp³-hybridized carbons (Fsp3) is 0.125. The Hall–Kier alpha value is -1.73. The van der Waals surface area contributed by atoms with Crippen molar-refractivity contribution >= 4 is 24.3 Å². The van der Waals surface area contributed by atoms with Crippen molar-refractivity contribution in [3.8, 4) is 5.69 Å². The molecular formula is C16H16ClN. The molecule has 1 heterocycles. The largest absolute Gasteiger partial charge is 0.314 e. The molecule has 1 aromatic carbocycles. The molecule has 0 spiro atoms. The van der Waals surface area contributed by atoms with E-state index in [9.17, 15) is 0 Å². The second kappa shape index (κ2) is 5.28. The second-order valence-electron chi connectivity index (χ2n) is 4.20. The van der Waals surface area contributed by atoms with E-state index in [0.29, 0.717) is 0 Å². The minimum atomic E-state index is 0.748. The number of hydrogen-bond acceptors (Lipinski definition) is 0. The maximum Gasteiger partial charge on any atom is 0.0525 e. The fourth-order valence-corrected chi connectivity index (χ4v) is 2.15. The van der Waals surface area contributed by atoms with Gasteiger partial charge in [0.05, 0.1) is 5.35 Å². The van der Waals surface area contributed by atoms with E-state index in [0.717, 1.165) is 27.0 Å². The Bertz CT molecular complexity index is 675. The minimum absolute atomic E-state index is 0.748. The number of allylic oxidation sites excluding steroid dienone is 2. The molecule has 0 fully saturated rings. The topological polar surface area (TPSA) is 4.93 Å². The Morgan fingerprint density at radius 1 is 1.22 bits per heavy atom. The molecular weight excluding hydrogens is 242 g/mol. The average Bonchev–Trinajstić information content (AvgIpc) is 2.62. The molecule has 1 nitrogen and oxygen atoms in total. The lowest BCUT2D eigenvalue weighted by Crippen LogP contribution is -2.27. The number of aromatic nitrogens is 1. The molecule has 0 N–H and O–H groups in total. The van der Waals surface area contributed by atoms with Crippen molar-refractivity contribution in [3.05, 3.63) is 63.8 Å². The molecule has 1 aromatic heterocycles. The van der Waals surface area contributed by atoms with E-state index in [-0.39, 0.29) is 0 Å². The zero-order chi connectivity index (χ0) is 13.1. The summed E-state index contributed by atoms with van der Waals surface area (Å²) >= 11 is 5.93. The first-order chi connectivity index (χ1) is 8.63. The van der Waals surface area contributed by atoms with Crippen LogP contribution in [-0.2, 0) is 0 Å². The van der Waals surface area contributed by atoms with E-state index in [1.54, 1.807) is 0 Å². The molecule has 0 radical (unpaired) electrons.